The van der Waals surface area contributed by atoms with Crippen molar-refractivity contribution in [2.75, 3.05) is 6.61 Å². The summed E-state index contributed by atoms with van der Waals surface area (Å²) >= 11 is 0. The first-order valence-electron chi connectivity index (χ1n) is 8.88. The average Bonchev–Trinajstić information content (AvgIpc) is 3.35. The summed E-state index contributed by atoms with van der Waals surface area (Å²) in [4.78, 5) is 16.1. The van der Waals surface area contributed by atoms with E-state index in [1.807, 2.05) is 24.3 Å². The Labute approximate surface area is 146 Å². The van der Waals surface area contributed by atoms with Crippen molar-refractivity contribution in [3.8, 4) is 5.69 Å². The van der Waals surface area contributed by atoms with Crippen molar-refractivity contribution in [3.63, 3.8) is 0 Å². The molecule has 1 aromatic heterocycles. The summed E-state index contributed by atoms with van der Waals surface area (Å²) in [6.07, 6.45) is 7.87. The van der Waals surface area contributed by atoms with E-state index in [9.17, 15) is 4.79 Å². The minimum absolute atomic E-state index is 0.109. The number of hydrogen-bond acceptors (Lipinski definition) is 4. The molecule has 2 atom stereocenters. The molecule has 132 valence electrons. The molecule has 0 unspecified atom stereocenters. The van der Waals surface area contributed by atoms with E-state index >= 15 is 0 Å². The van der Waals surface area contributed by atoms with E-state index in [1.54, 1.807) is 11.0 Å². The molecule has 4 rings (SSSR count). The van der Waals surface area contributed by atoms with Crippen LogP contribution >= 0.6 is 0 Å². The van der Waals surface area contributed by atoms with Crippen LogP contribution in [0.15, 0.2) is 36.9 Å². The zero-order chi connectivity index (χ0) is 17.1. The molecule has 2 aliphatic rings. The Hall–Kier alpha value is -2.41. The lowest BCUT2D eigenvalue weighted by Crippen LogP contribution is -2.46. The summed E-state index contributed by atoms with van der Waals surface area (Å²) < 4.78 is 7.50. The van der Waals surface area contributed by atoms with Gasteiger partial charge in [-0.2, -0.15) is 5.10 Å². The number of carbonyl (C=O) groups is 1. The van der Waals surface area contributed by atoms with Crippen molar-refractivity contribution in [3.05, 3.63) is 42.5 Å². The first-order valence-corrected chi connectivity index (χ1v) is 8.88. The quantitative estimate of drug-likeness (QED) is 0.872. The number of carbonyl (C=O) groups excluding carboxylic acids is 1. The molecule has 2 aromatic rings. The molecule has 7 nitrogen and oxygen atoms in total. The van der Waals surface area contributed by atoms with E-state index in [0.29, 0.717) is 12.6 Å². The normalized spacial score (nSPS) is 23.2. The highest BCUT2D eigenvalue weighted by Gasteiger charge is 2.36. The van der Waals surface area contributed by atoms with Crippen LogP contribution in [-0.2, 0) is 11.3 Å². The molecule has 25 heavy (non-hydrogen) atoms. The minimum atomic E-state index is -0.109. The van der Waals surface area contributed by atoms with Crippen molar-refractivity contribution >= 4 is 6.03 Å². The molecule has 0 bridgehead atoms. The number of ether oxygens (including phenoxy) is 1. The Bertz CT molecular complexity index is 697. The van der Waals surface area contributed by atoms with Crippen molar-refractivity contribution in [1.29, 1.82) is 0 Å². The molecule has 1 saturated heterocycles. The molecule has 1 aliphatic heterocycles. The summed E-state index contributed by atoms with van der Waals surface area (Å²) in [5.74, 6) is 0.719. The number of aromatic nitrogens is 3. The first kappa shape index (κ1) is 16.1. The van der Waals surface area contributed by atoms with Crippen LogP contribution in [0, 0.1) is 5.92 Å². The topological polar surface area (TPSA) is 81.1 Å². The summed E-state index contributed by atoms with van der Waals surface area (Å²) in [6, 6.07) is 7.99. The van der Waals surface area contributed by atoms with Gasteiger partial charge in [0.05, 0.1) is 11.8 Å². The van der Waals surface area contributed by atoms with Crippen LogP contribution in [0.25, 0.3) is 5.69 Å². The monoisotopic (exact) mass is 341 g/mol. The maximum atomic E-state index is 12.1. The Morgan fingerprint density at radius 1 is 1.24 bits per heavy atom. The van der Waals surface area contributed by atoms with Crippen LogP contribution in [0.4, 0.5) is 4.79 Å². The summed E-state index contributed by atoms with van der Waals surface area (Å²) in [7, 11) is 0. The van der Waals surface area contributed by atoms with Gasteiger partial charge in [0.25, 0.3) is 0 Å². The first-order chi connectivity index (χ1) is 12.3. The number of rotatable bonds is 5. The SMILES string of the molecule is O=C(NCc1ccc(-n2cncn2)cc1)N[C@@H]1CCO[C@@H](C2CC2)C1. The highest BCUT2D eigenvalue weighted by Crippen LogP contribution is 2.38. The molecule has 0 spiro atoms. The summed E-state index contributed by atoms with van der Waals surface area (Å²) in [6.45, 7) is 1.24. The van der Waals surface area contributed by atoms with E-state index in [2.05, 4.69) is 20.7 Å². The predicted octanol–water partition coefficient (Wildman–Crippen LogP) is 2.02. The molecular weight excluding hydrogens is 318 g/mol. The van der Waals surface area contributed by atoms with Gasteiger partial charge in [0, 0.05) is 19.2 Å². The number of nitrogens with one attached hydrogen (secondary N) is 2. The van der Waals surface area contributed by atoms with Crippen molar-refractivity contribution < 1.29 is 9.53 Å². The van der Waals surface area contributed by atoms with E-state index in [-0.39, 0.29) is 12.1 Å². The fourth-order valence-electron chi connectivity index (χ4n) is 3.28. The third-order valence-corrected chi connectivity index (χ3v) is 4.87. The number of benzene rings is 1. The number of nitrogens with zero attached hydrogens (tertiary/aromatic N) is 3. The van der Waals surface area contributed by atoms with E-state index in [4.69, 9.17) is 4.74 Å². The van der Waals surface area contributed by atoms with Gasteiger partial charge >= 0.3 is 6.03 Å². The lowest BCUT2D eigenvalue weighted by molar-refractivity contribution is -0.00914. The second kappa shape index (κ2) is 7.23. The van der Waals surface area contributed by atoms with Crippen molar-refractivity contribution in [1.82, 2.24) is 25.4 Å². The van der Waals surface area contributed by atoms with Gasteiger partial charge in [0.15, 0.2) is 0 Å². The van der Waals surface area contributed by atoms with E-state index < -0.39 is 0 Å². The molecule has 0 radical (unpaired) electrons. The van der Waals surface area contributed by atoms with Gasteiger partial charge in [-0.25, -0.2) is 14.5 Å². The van der Waals surface area contributed by atoms with Crippen LogP contribution in [0.5, 0.6) is 0 Å². The van der Waals surface area contributed by atoms with E-state index in [0.717, 1.165) is 36.6 Å². The Morgan fingerprint density at radius 3 is 2.80 bits per heavy atom. The highest BCUT2D eigenvalue weighted by molar-refractivity contribution is 5.74. The van der Waals surface area contributed by atoms with Crippen molar-refractivity contribution in [2.45, 2.75) is 44.4 Å². The third kappa shape index (κ3) is 4.17. The van der Waals surface area contributed by atoms with Crippen LogP contribution in [0.1, 0.15) is 31.2 Å². The van der Waals surface area contributed by atoms with Crippen LogP contribution in [-0.4, -0.2) is 39.5 Å². The van der Waals surface area contributed by atoms with Gasteiger partial charge in [-0.1, -0.05) is 12.1 Å². The van der Waals surface area contributed by atoms with Gasteiger partial charge in [-0.3, -0.25) is 0 Å². The van der Waals surface area contributed by atoms with Gasteiger partial charge in [0.2, 0.25) is 0 Å². The third-order valence-electron chi connectivity index (χ3n) is 4.87. The predicted molar refractivity (Wildman–Crippen MR) is 92.2 cm³/mol. The molecule has 2 fully saturated rings. The molecule has 2 amide bonds. The Morgan fingerprint density at radius 2 is 2.08 bits per heavy atom. The molecular formula is C18H23N5O2. The average molecular weight is 341 g/mol. The lowest BCUT2D eigenvalue weighted by Gasteiger charge is -2.30. The maximum Gasteiger partial charge on any atom is 0.315 e. The van der Waals surface area contributed by atoms with Crippen molar-refractivity contribution in [2.24, 2.45) is 5.92 Å². The van der Waals surface area contributed by atoms with E-state index in [1.165, 1.54) is 19.2 Å². The second-order valence-corrected chi connectivity index (χ2v) is 6.80. The maximum absolute atomic E-state index is 12.1. The molecule has 7 heteroatoms. The zero-order valence-electron chi connectivity index (χ0n) is 14.1. The second-order valence-electron chi connectivity index (χ2n) is 6.80. The Kier molecular flexibility index (Phi) is 4.65. The van der Waals surface area contributed by atoms with Gasteiger partial charge in [-0.15, -0.1) is 0 Å². The fraction of sp³-hybridized carbons (Fsp3) is 0.500. The fourth-order valence-corrected chi connectivity index (χ4v) is 3.28. The molecule has 1 aliphatic carbocycles. The lowest BCUT2D eigenvalue weighted by atomic mass is 10.0. The largest absolute Gasteiger partial charge is 0.378 e. The van der Waals surface area contributed by atoms with Crippen LogP contribution < -0.4 is 10.6 Å². The molecule has 2 heterocycles. The Balaban J connectivity index is 1.24. The number of urea groups is 1. The summed E-state index contributed by atoms with van der Waals surface area (Å²) in [5, 5.41) is 10.1. The van der Waals surface area contributed by atoms with Crippen LogP contribution in [0.2, 0.25) is 0 Å². The summed E-state index contributed by atoms with van der Waals surface area (Å²) in [5.41, 5.74) is 1.99. The molecule has 1 aromatic carbocycles. The van der Waals surface area contributed by atoms with Gasteiger partial charge in [-0.05, 0) is 49.3 Å². The number of amides is 2. The highest BCUT2D eigenvalue weighted by atomic mass is 16.5. The van der Waals surface area contributed by atoms with Crippen LogP contribution in [0.3, 0.4) is 0 Å². The zero-order valence-corrected chi connectivity index (χ0v) is 14.1. The molecule has 1 saturated carbocycles. The minimum Gasteiger partial charge on any atom is -0.378 e. The van der Waals surface area contributed by atoms with Gasteiger partial charge < -0.3 is 15.4 Å². The standard InChI is InChI=1S/C18H23N5O2/c24-18(22-15-7-8-25-17(9-15)14-3-4-14)20-10-13-1-5-16(6-2-13)23-12-19-11-21-23/h1-2,5-6,11-12,14-15,17H,3-4,7-10H2,(H2,20,22,24)/t15-,17-/m1/s1. The van der Waals surface area contributed by atoms with Gasteiger partial charge in [0.1, 0.15) is 12.7 Å². The number of hydrogen-bond donors (Lipinski definition) is 2. The molecule has 2 N–H and O–H groups in total. The smallest absolute Gasteiger partial charge is 0.315 e.